The van der Waals surface area contributed by atoms with E-state index >= 15 is 0 Å². The molecule has 2 fully saturated rings. The minimum absolute atomic E-state index is 0.0170. The van der Waals surface area contributed by atoms with Crippen LogP contribution in [0.25, 0.3) is 0 Å². The van der Waals surface area contributed by atoms with Crippen LogP contribution >= 0.6 is 0 Å². The summed E-state index contributed by atoms with van der Waals surface area (Å²) in [5, 5.41) is 3.19. The smallest absolute Gasteiger partial charge is 0.328 e. The predicted octanol–water partition coefficient (Wildman–Crippen LogP) is -0.471. The number of likely N-dealkylation sites (tertiary alicyclic amines) is 1. The highest BCUT2D eigenvalue weighted by Crippen LogP contribution is 2.20. The Morgan fingerprint density at radius 3 is 3.00 bits per heavy atom. The van der Waals surface area contributed by atoms with Gasteiger partial charge in [0.15, 0.2) is 0 Å². The predicted molar refractivity (Wildman–Crippen MR) is 64.0 cm³/mol. The highest BCUT2D eigenvalue weighted by Gasteiger charge is 2.35. The number of esters is 1. The van der Waals surface area contributed by atoms with E-state index in [2.05, 4.69) is 5.32 Å². The summed E-state index contributed by atoms with van der Waals surface area (Å²) in [5.41, 5.74) is 0. The summed E-state index contributed by atoms with van der Waals surface area (Å²) in [5.74, 6) is -0.333. The maximum absolute atomic E-state index is 12.2. The van der Waals surface area contributed by atoms with Crippen molar-refractivity contribution < 1.29 is 19.1 Å². The van der Waals surface area contributed by atoms with Crippen molar-refractivity contribution in [2.45, 2.75) is 31.4 Å². The summed E-state index contributed by atoms with van der Waals surface area (Å²) in [6.45, 7) is 2.80. The number of amides is 1. The van der Waals surface area contributed by atoms with E-state index in [0.717, 1.165) is 13.0 Å². The average Bonchev–Trinajstić information content (AvgIpc) is 2.88. The lowest BCUT2D eigenvalue weighted by molar-refractivity contribution is -0.152. The molecule has 0 aromatic rings. The van der Waals surface area contributed by atoms with Crippen molar-refractivity contribution in [2.24, 2.45) is 0 Å². The molecule has 2 atom stereocenters. The third-order valence-corrected chi connectivity index (χ3v) is 3.45. The zero-order chi connectivity index (χ0) is 13.0. The van der Waals surface area contributed by atoms with E-state index in [1.54, 1.807) is 4.90 Å². The van der Waals surface area contributed by atoms with Gasteiger partial charge in [-0.1, -0.05) is 0 Å². The number of ether oxygens (including phenoxy) is 2. The van der Waals surface area contributed by atoms with Gasteiger partial charge in [-0.3, -0.25) is 4.79 Å². The molecule has 1 N–H and O–H groups in total. The summed E-state index contributed by atoms with van der Waals surface area (Å²) in [6, 6.07) is -0.404. The quantitative estimate of drug-likeness (QED) is 0.691. The third kappa shape index (κ3) is 3.00. The van der Waals surface area contributed by atoms with Gasteiger partial charge >= 0.3 is 5.97 Å². The summed E-state index contributed by atoms with van der Waals surface area (Å²) in [4.78, 5) is 25.3. The molecule has 0 bridgehead atoms. The molecule has 1 amide bonds. The second-order valence-electron chi connectivity index (χ2n) is 4.67. The van der Waals surface area contributed by atoms with E-state index in [9.17, 15) is 9.59 Å². The van der Waals surface area contributed by atoms with Crippen molar-refractivity contribution in [3.63, 3.8) is 0 Å². The Morgan fingerprint density at radius 2 is 2.33 bits per heavy atom. The van der Waals surface area contributed by atoms with Gasteiger partial charge in [0.1, 0.15) is 6.04 Å². The number of morpholine rings is 1. The lowest BCUT2D eigenvalue weighted by atomic mass is 10.2. The molecule has 2 saturated heterocycles. The largest absolute Gasteiger partial charge is 0.467 e. The average molecular weight is 256 g/mol. The zero-order valence-corrected chi connectivity index (χ0v) is 10.7. The SMILES string of the molecule is COC(=O)C1CCCN1C(=O)CC1CNCCO1. The minimum atomic E-state index is -0.404. The Labute approximate surface area is 107 Å². The van der Waals surface area contributed by atoms with Crippen LogP contribution in [0.5, 0.6) is 0 Å². The lowest BCUT2D eigenvalue weighted by Crippen LogP contribution is -2.45. The standard InChI is InChI=1S/C12H20N2O4/c1-17-12(16)10-3-2-5-14(10)11(15)7-9-8-13-4-6-18-9/h9-10,13H,2-8H2,1H3. The highest BCUT2D eigenvalue weighted by atomic mass is 16.5. The van der Waals surface area contributed by atoms with Crippen molar-refractivity contribution in [3.8, 4) is 0 Å². The van der Waals surface area contributed by atoms with E-state index in [-0.39, 0.29) is 18.0 Å². The van der Waals surface area contributed by atoms with Gasteiger partial charge in [0.25, 0.3) is 0 Å². The number of carbonyl (C=O) groups excluding carboxylic acids is 2. The second-order valence-corrected chi connectivity index (χ2v) is 4.67. The highest BCUT2D eigenvalue weighted by molar-refractivity contribution is 5.85. The summed E-state index contributed by atoms with van der Waals surface area (Å²) in [6.07, 6.45) is 1.81. The van der Waals surface area contributed by atoms with Crippen LogP contribution in [0.3, 0.4) is 0 Å². The van der Waals surface area contributed by atoms with Gasteiger partial charge in [-0.2, -0.15) is 0 Å². The van der Waals surface area contributed by atoms with Crippen molar-refractivity contribution >= 4 is 11.9 Å². The van der Waals surface area contributed by atoms with Gasteiger partial charge in [-0.25, -0.2) is 4.79 Å². The molecule has 2 aliphatic rings. The fraction of sp³-hybridized carbons (Fsp3) is 0.833. The maximum atomic E-state index is 12.2. The molecule has 0 aromatic carbocycles. The van der Waals surface area contributed by atoms with Crippen LogP contribution in [-0.2, 0) is 19.1 Å². The monoisotopic (exact) mass is 256 g/mol. The van der Waals surface area contributed by atoms with Gasteiger partial charge in [-0.15, -0.1) is 0 Å². The molecular formula is C12H20N2O4. The van der Waals surface area contributed by atoms with Crippen LogP contribution in [0.1, 0.15) is 19.3 Å². The Bertz CT molecular complexity index is 315. The summed E-state index contributed by atoms with van der Waals surface area (Å²) in [7, 11) is 1.36. The van der Waals surface area contributed by atoms with Crippen molar-refractivity contribution in [1.82, 2.24) is 10.2 Å². The third-order valence-electron chi connectivity index (χ3n) is 3.45. The van der Waals surface area contributed by atoms with Gasteiger partial charge in [0.05, 0.1) is 26.2 Å². The van der Waals surface area contributed by atoms with Gasteiger partial charge in [0, 0.05) is 19.6 Å². The number of carbonyl (C=O) groups is 2. The molecule has 2 rings (SSSR count). The summed E-state index contributed by atoms with van der Waals surface area (Å²) >= 11 is 0. The lowest BCUT2D eigenvalue weighted by Gasteiger charge is -2.27. The number of nitrogens with zero attached hydrogens (tertiary/aromatic N) is 1. The van der Waals surface area contributed by atoms with Crippen LogP contribution in [0, 0.1) is 0 Å². The molecule has 2 heterocycles. The van der Waals surface area contributed by atoms with Crippen LogP contribution in [0.4, 0.5) is 0 Å². The minimum Gasteiger partial charge on any atom is -0.467 e. The first-order valence-electron chi connectivity index (χ1n) is 6.42. The van der Waals surface area contributed by atoms with Crippen LogP contribution in [0.2, 0.25) is 0 Å². The Morgan fingerprint density at radius 1 is 1.50 bits per heavy atom. The molecule has 0 aliphatic carbocycles. The Balaban J connectivity index is 1.89. The maximum Gasteiger partial charge on any atom is 0.328 e. The molecule has 0 saturated carbocycles. The second kappa shape index (κ2) is 6.15. The molecule has 0 aromatic heterocycles. The van der Waals surface area contributed by atoms with Crippen molar-refractivity contribution in [2.75, 3.05) is 33.4 Å². The molecular weight excluding hydrogens is 236 g/mol. The number of hydrogen-bond acceptors (Lipinski definition) is 5. The number of nitrogens with one attached hydrogen (secondary N) is 1. The first-order valence-corrected chi connectivity index (χ1v) is 6.42. The van der Waals surface area contributed by atoms with E-state index in [1.807, 2.05) is 0 Å². The number of hydrogen-bond donors (Lipinski definition) is 1. The number of rotatable bonds is 3. The van der Waals surface area contributed by atoms with Crippen molar-refractivity contribution in [3.05, 3.63) is 0 Å². The molecule has 18 heavy (non-hydrogen) atoms. The van der Waals surface area contributed by atoms with E-state index in [0.29, 0.717) is 32.5 Å². The molecule has 102 valence electrons. The fourth-order valence-electron chi connectivity index (χ4n) is 2.51. The number of methoxy groups -OCH3 is 1. The van der Waals surface area contributed by atoms with Gasteiger partial charge in [-0.05, 0) is 12.8 Å². The normalized spacial score (nSPS) is 28.2. The van der Waals surface area contributed by atoms with Crippen molar-refractivity contribution in [1.29, 1.82) is 0 Å². The van der Waals surface area contributed by atoms with E-state index in [4.69, 9.17) is 9.47 Å². The topological polar surface area (TPSA) is 67.9 Å². The van der Waals surface area contributed by atoms with Crippen LogP contribution in [-0.4, -0.2) is 62.3 Å². The van der Waals surface area contributed by atoms with Gasteiger partial charge in [0.2, 0.25) is 5.91 Å². The molecule has 6 heteroatoms. The van der Waals surface area contributed by atoms with Gasteiger partial charge < -0.3 is 19.7 Å². The van der Waals surface area contributed by atoms with E-state index in [1.165, 1.54) is 7.11 Å². The Kier molecular flexibility index (Phi) is 4.54. The van der Waals surface area contributed by atoms with Crippen LogP contribution < -0.4 is 5.32 Å². The fourth-order valence-corrected chi connectivity index (χ4v) is 2.51. The molecule has 0 spiro atoms. The van der Waals surface area contributed by atoms with Crippen LogP contribution in [0.15, 0.2) is 0 Å². The molecule has 2 aliphatic heterocycles. The van der Waals surface area contributed by atoms with E-state index < -0.39 is 6.04 Å². The summed E-state index contributed by atoms with van der Waals surface area (Å²) < 4.78 is 10.2. The molecule has 6 nitrogen and oxygen atoms in total. The zero-order valence-electron chi connectivity index (χ0n) is 10.7. The first-order chi connectivity index (χ1) is 8.72. The Hall–Kier alpha value is -1.14. The first kappa shape index (κ1) is 13.3. The molecule has 0 radical (unpaired) electrons. The molecule has 2 unspecified atom stereocenters.